The first-order valence-corrected chi connectivity index (χ1v) is 5.83. The number of hydrogen-bond acceptors (Lipinski definition) is 4. The van der Waals surface area contributed by atoms with Crippen LogP contribution in [0, 0.1) is 0 Å². The van der Waals surface area contributed by atoms with Crippen LogP contribution in [0.5, 0.6) is 5.75 Å². The van der Waals surface area contributed by atoms with E-state index in [1.807, 2.05) is 0 Å². The van der Waals surface area contributed by atoms with Crippen LogP contribution < -0.4 is 10.3 Å². The summed E-state index contributed by atoms with van der Waals surface area (Å²) in [6.45, 7) is -0.113. The van der Waals surface area contributed by atoms with Gasteiger partial charge in [0.25, 0.3) is 5.56 Å². The van der Waals surface area contributed by atoms with Crippen molar-refractivity contribution in [3.05, 3.63) is 52.4 Å². The first kappa shape index (κ1) is 11.7. The van der Waals surface area contributed by atoms with Crippen LogP contribution in [0.1, 0.15) is 5.56 Å². The van der Waals surface area contributed by atoms with Gasteiger partial charge in [-0.3, -0.25) is 9.20 Å². The van der Waals surface area contributed by atoms with E-state index in [1.165, 1.54) is 4.40 Å². The number of benzene rings is 1. The van der Waals surface area contributed by atoms with Crippen molar-refractivity contribution < 1.29 is 9.84 Å². The predicted molar refractivity (Wildman–Crippen MR) is 71.4 cm³/mol. The maximum Gasteiger partial charge on any atom is 0.265 e. The lowest BCUT2D eigenvalue weighted by Crippen LogP contribution is -2.15. The highest BCUT2D eigenvalue weighted by atomic mass is 16.5. The minimum Gasteiger partial charge on any atom is -0.497 e. The smallest absolute Gasteiger partial charge is 0.265 e. The van der Waals surface area contributed by atoms with Crippen molar-refractivity contribution in [2.45, 2.75) is 6.61 Å². The summed E-state index contributed by atoms with van der Waals surface area (Å²) in [6, 6.07) is 8.67. The van der Waals surface area contributed by atoms with E-state index in [4.69, 9.17) is 9.84 Å². The van der Waals surface area contributed by atoms with E-state index in [0.29, 0.717) is 27.9 Å². The van der Waals surface area contributed by atoms with E-state index in [0.717, 1.165) is 0 Å². The molecular formula is C14H12N2O3. The van der Waals surface area contributed by atoms with Gasteiger partial charge >= 0.3 is 0 Å². The summed E-state index contributed by atoms with van der Waals surface area (Å²) in [5, 5.41) is 9.62. The number of fused-ring (bicyclic) bond motifs is 2. The van der Waals surface area contributed by atoms with E-state index in [2.05, 4.69) is 4.98 Å². The molecule has 0 saturated carbocycles. The summed E-state index contributed by atoms with van der Waals surface area (Å²) in [4.78, 5) is 16.8. The topological polar surface area (TPSA) is 63.8 Å². The molecule has 2 heterocycles. The van der Waals surface area contributed by atoms with E-state index in [9.17, 15) is 4.79 Å². The number of rotatable bonds is 2. The number of hydrogen-bond donors (Lipinski definition) is 1. The van der Waals surface area contributed by atoms with Gasteiger partial charge in [0.2, 0.25) is 0 Å². The van der Waals surface area contributed by atoms with Gasteiger partial charge in [-0.15, -0.1) is 0 Å². The second-order valence-corrected chi connectivity index (χ2v) is 4.22. The average Bonchev–Trinajstić information content (AvgIpc) is 2.47. The Morgan fingerprint density at radius 2 is 2.16 bits per heavy atom. The van der Waals surface area contributed by atoms with Gasteiger partial charge in [-0.25, -0.2) is 4.98 Å². The summed E-state index contributed by atoms with van der Waals surface area (Å²) in [7, 11) is 1.55. The first-order chi connectivity index (χ1) is 9.22. The monoisotopic (exact) mass is 256 g/mol. The summed E-state index contributed by atoms with van der Waals surface area (Å²) in [5.41, 5.74) is 1.68. The quantitative estimate of drug-likeness (QED) is 0.703. The molecule has 2 aromatic heterocycles. The normalized spacial score (nSPS) is 11.1. The molecule has 0 atom stereocenters. The van der Waals surface area contributed by atoms with Crippen molar-refractivity contribution in [2.24, 2.45) is 0 Å². The van der Waals surface area contributed by atoms with Crippen molar-refractivity contribution in [2.75, 3.05) is 7.11 Å². The Hall–Kier alpha value is -2.40. The highest BCUT2D eigenvalue weighted by molar-refractivity contribution is 5.81. The highest BCUT2D eigenvalue weighted by Crippen LogP contribution is 2.17. The molecule has 0 aliphatic rings. The molecular weight excluding hydrogens is 244 g/mol. The Morgan fingerprint density at radius 1 is 1.32 bits per heavy atom. The van der Waals surface area contributed by atoms with Gasteiger partial charge in [0.15, 0.2) is 0 Å². The highest BCUT2D eigenvalue weighted by Gasteiger charge is 2.07. The number of aromatic nitrogens is 2. The number of nitrogens with zero attached hydrogens (tertiary/aromatic N) is 2. The summed E-state index contributed by atoms with van der Waals surface area (Å²) in [6.07, 6.45) is 1.60. The van der Waals surface area contributed by atoms with Crippen molar-refractivity contribution in [1.82, 2.24) is 9.38 Å². The van der Waals surface area contributed by atoms with E-state index in [1.54, 1.807) is 43.6 Å². The Balaban J connectivity index is 2.43. The van der Waals surface area contributed by atoms with Crippen LogP contribution in [0.25, 0.3) is 16.6 Å². The van der Waals surface area contributed by atoms with E-state index < -0.39 is 0 Å². The molecule has 3 rings (SSSR count). The van der Waals surface area contributed by atoms with Gasteiger partial charge in [-0.2, -0.15) is 0 Å². The fourth-order valence-electron chi connectivity index (χ4n) is 2.05. The molecule has 0 aliphatic heterocycles. The number of methoxy groups -OCH3 is 1. The second-order valence-electron chi connectivity index (χ2n) is 4.22. The third-order valence-corrected chi connectivity index (χ3v) is 3.06. The van der Waals surface area contributed by atoms with Gasteiger partial charge in [0, 0.05) is 6.20 Å². The van der Waals surface area contributed by atoms with Crippen molar-refractivity contribution in [1.29, 1.82) is 0 Å². The van der Waals surface area contributed by atoms with Crippen LogP contribution in [-0.4, -0.2) is 21.6 Å². The van der Waals surface area contributed by atoms with Gasteiger partial charge in [0.05, 0.1) is 24.6 Å². The lowest BCUT2D eigenvalue weighted by molar-refractivity contribution is 0.281. The second kappa shape index (κ2) is 4.37. The Labute approximate surface area is 108 Å². The van der Waals surface area contributed by atoms with Gasteiger partial charge < -0.3 is 9.84 Å². The van der Waals surface area contributed by atoms with Gasteiger partial charge in [-0.1, -0.05) is 6.07 Å². The van der Waals surface area contributed by atoms with Crippen molar-refractivity contribution in [3.63, 3.8) is 0 Å². The van der Waals surface area contributed by atoms with Crippen LogP contribution in [0.2, 0.25) is 0 Å². The largest absolute Gasteiger partial charge is 0.497 e. The minimum atomic E-state index is -0.172. The maximum absolute atomic E-state index is 12.4. The van der Waals surface area contributed by atoms with Crippen LogP contribution >= 0.6 is 0 Å². The molecule has 96 valence electrons. The Bertz CT molecular complexity index is 759. The molecule has 0 aliphatic carbocycles. The third-order valence-electron chi connectivity index (χ3n) is 3.06. The molecule has 0 radical (unpaired) electrons. The zero-order chi connectivity index (χ0) is 13.4. The first-order valence-electron chi connectivity index (χ1n) is 5.83. The van der Waals surface area contributed by atoms with Crippen molar-refractivity contribution in [3.8, 4) is 5.75 Å². The summed E-state index contributed by atoms with van der Waals surface area (Å²) >= 11 is 0. The molecule has 1 aromatic carbocycles. The Kier molecular flexibility index (Phi) is 2.68. The molecule has 0 fully saturated rings. The lowest BCUT2D eigenvalue weighted by Gasteiger charge is -2.06. The summed E-state index contributed by atoms with van der Waals surface area (Å²) < 4.78 is 6.56. The standard InChI is InChI=1S/C14H12N2O3/c1-19-10-3-4-12-11(6-10)14(18)16-7-9(8-17)2-5-13(16)15-12/h2-7,17H,8H2,1H3. The Morgan fingerprint density at radius 3 is 2.89 bits per heavy atom. The van der Waals surface area contributed by atoms with E-state index >= 15 is 0 Å². The molecule has 19 heavy (non-hydrogen) atoms. The molecule has 5 nitrogen and oxygen atoms in total. The van der Waals surface area contributed by atoms with Crippen LogP contribution in [0.15, 0.2) is 41.3 Å². The third kappa shape index (κ3) is 1.84. The molecule has 1 N–H and O–H groups in total. The molecule has 3 aromatic rings. The van der Waals surface area contributed by atoms with E-state index in [-0.39, 0.29) is 12.2 Å². The number of aliphatic hydroxyl groups is 1. The zero-order valence-corrected chi connectivity index (χ0v) is 10.3. The zero-order valence-electron chi connectivity index (χ0n) is 10.3. The number of pyridine rings is 1. The molecule has 0 unspecified atom stereocenters. The fourth-order valence-corrected chi connectivity index (χ4v) is 2.05. The summed E-state index contributed by atoms with van der Waals surface area (Å²) in [5.74, 6) is 0.615. The molecule has 0 bridgehead atoms. The fraction of sp³-hybridized carbons (Fsp3) is 0.143. The van der Waals surface area contributed by atoms with Crippen molar-refractivity contribution >= 4 is 16.6 Å². The molecule has 0 saturated heterocycles. The number of ether oxygens (including phenoxy) is 1. The molecule has 0 amide bonds. The average molecular weight is 256 g/mol. The molecule has 5 heteroatoms. The molecule has 0 spiro atoms. The van der Waals surface area contributed by atoms with Gasteiger partial charge in [0.1, 0.15) is 11.4 Å². The number of aliphatic hydroxyl groups excluding tert-OH is 1. The van der Waals surface area contributed by atoms with Crippen LogP contribution in [0.3, 0.4) is 0 Å². The maximum atomic E-state index is 12.4. The van der Waals surface area contributed by atoms with Crippen LogP contribution in [0.4, 0.5) is 0 Å². The lowest BCUT2D eigenvalue weighted by atomic mass is 10.2. The van der Waals surface area contributed by atoms with Gasteiger partial charge in [-0.05, 0) is 29.8 Å². The predicted octanol–water partition coefficient (Wildman–Crippen LogP) is 1.35. The van der Waals surface area contributed by atoms with Crippen LogP contribution in [-0.2, 0) is 6.61 Å². The minimum absolute atomic E-state index is 0.113. The SMILES string of the molecule is COc1ccc2nc3ccc(CO)cn3c(=O)c2c1.